The summed E-state index contributed by atoms with van der Waals surface area (Å²) in [5, 5.41) is 21.2. The molecule has 22 heavy (non-hydrogen) atoms. The predicted molar refractivity (Wildman–Crippen MR) is 79.6 cm³/mol. The minimum Gasteiger partial charge on any atom is -0.289 e. The van der Waals surface area contributed by atoms with E-state index < -0.39 is 9.85 Å². The molecule has 0 aliphatic rings. The molecule has 0 heterocycles. The lowest BCUT2D eigenvalue weighted by Crippen LogP contribution is -1.96. The third-order valence-electron chi connectivity index (χ3n) is 2.87. The molecular weight excluding hydrogens is 288 g/mol. The fourth-order valence-corrected chi connectivity index (χ4v) is 1.75. The van der Waals surface area contributed by atoms with E-state index in [9.17, 15) is 25.0 Å². The summed E-state index contributed by atoms with van der Waals surface area (Å²) < 4.78 is 0. The zero-order chi connectivity index (χ0) is 16.1. The minimum atomic E-state index is -0.573. The number of carbonyl (C=O) groups is 1. The highest BCUT2D eigenvalue weighted by molar-refractivity contribution is 6.07. The van der Waals surface area contributed by atoms with Crippen molar-refractivity contribution in [3.05, 3.63) is 86.0 Å². The zero-order valence-corrected chi connectivity index (χ0v) is 11.2. The first-order valence-corrected chi connectivity index (χ1v) is 6.19. The van der Waals surface area contributed by atoms with Gasteiger partial charge >= 0.3 is 0 Å². The Morgan fingerprint density at radius 1 is 0.909 bits per heavy atom. The van der Waals surface area contributed by atoms with Gasteiger partial charge in [0.1, 0.15) is 0 Å². The number of rotatable bonds is 5. The Morgan fingerprint density at radius 3 is 2.14 bits per heavy atom. The lowest BCUT2D eigenvalue weighted by atomic mass is 10.1. The molecule has 0 amide bonds. The summed E-state index contributed by atoms with van der Waals surface area (Å²) in [6, 6.07) is 11.1. The Kier molecular flexibility index (Phi) is 4.38. The van der Waals surface area contributed by atoms with Gasteiger partial charge < -0.3 is 0 Å². The van der Waals surface area contributed by atoms with E-state index in [-0.39, 0.29) is 22.7 Å². The monoisotopic (exact) mass is 298 g/mol. The highest BCUT2D eigenvalue weighted by Crippen LogP contribution is 2.16. The molecular formula is C15H10N2O5. The van der Waals surface area contributed by atoms with Crippen LogP contribution in [0.1, 0.15) is 15.9 Å². The van der Waals surface area contributed by atoms with Crippen LogP contribution in [0.4, 0.5) is 11.4 Å². The van der Waals surface area contributed by atoms with Crippen LogP contribution < -0.4 is 0 Å². The van der Waals surface area contributed by atoms with Crippen molar-refractivity contribution in [1.29, 1.82) is 0 Å². The number of allylic oxidation sites excluding steroid dienone is 1. The summed E-state index contributed by atoms with van der Waals surface area (Å²) in [4.78, 5) is 32.1. The third-order valence-corrected chi connectivity index (χ3v) is 2.87. The summed E-state index contributed by atoms with van der Waals surface area (Å²) in [5.74, 6) is -0.387. The molecule has 0 N–H and O–H groups in total. The van der Waals surface area contributed by atoms with Gasteiger partial charge in [-0.15, -0.1) is 0 Å². The van der Waals surface area contributed by atoms with Crippen molar-refractivity contribution < 1.29 is 14.6 Å². The molecule has 0 saturated carbocycles. The minimum absolute atomic E-state index is 0.0397. The number of benzene rings is 2. The number of hydrogen-bond acceptors (Lipinski definition) is 5. The first-order valence-electron chi connectivity index (χ1n) is 6.19. The van der Waals surface area contributed by atoms with Crippen LogP contribution in [0.3, 0.4) is 0 Å². The van der Waals surface area contributed by atoms with Gasteiger partial charge in [-0.3, -0.25) is 25.0 Å². The molecule has 2 rings (SSSR count). The molecule has 0 saturated heterocycles. The molecule has 0 fully saturated rings. The molecule has 0 aliphatic heterocycles. The van der Waals surface area contributed by atoms with E-state index in [1.165, 1.54) is 60.7 Å². The van der Waals surface area contributed by atoms with Gasteiger partial charge in [-0.2, -0.15) is 0 Å². The van der Waals surface area contributed by atoms with Crippen molar-refractivity contribution in [3.63, 3.8) is 0 Å². The quantitative estimate of drug-likeness (QED) is 0.364. The van der Waals surface area contributed by atoms with Crippen LogP contribution in [-0.4, -0.2) is 15.6 Å². The van der Waals surface area contributed by atoms with Crippen LogP contribution in [-0.2, 0) is 0 Å². The molecule has 7 nitrogen and oxygen atoms in total. The number of hydrogen-bond donors (Lipinski definition) is 0. The lowest BCUT2D eigenvalue weighted by molar-refractivity contribution is -0.385. The summed E-state index contributed by atoms with van der Waals surface area (Å²) in [6.45, 7) is 0. The maximum absolute atomic E-state index is 12.0. The van der Waals surface area contributed by atoms with E-state index in [4.69, 9.17) is 0 Å². The molecule has 0 radical (unpaired) electrons. The molecule has 0 atom stereocenters. The third kappa shape index (κ3) is 3.60. The van der Waals surface area contributed by atoms with Crippen molar-refractivity contribution in [1.82, 2.24) is 0 Å². The van der Waals surface area contributed by atoms with Crippen LogP contribution in [0.2, 0.25) is 0 Å². The van der Waals surface area contributed by atoms with Crippen molar-refractivity contribution in [3.8, 4) is 0 Å². The standard InChI is InChI=1S/C15H10N2O5/c18-15(12-2-1-3-14(10-12)17(21)22)9-6-11-4-7-13(8-5-11)16(19)20/h1-10H. The van der Waals surface area contributed by atoms with E-state index in [0.29, 0.717) is 5.56 Å². The lowest BCUT2D eigenvalue weighted by Gasteiger charge is -1.97. The summed E-state index contributed by atoms with van der Waals surface area (Å²) in [5.41, 5.74) is 0.619. The van der Waals surface area contributed by atoms with Gasteiger partial charge in [0.05, 0.1) is 9.85 Å². The molecule has 7 heteroatoms. The number of carbonyl (C=O) groups excluding carboxylic acids is 1. The van der Waals surface area contributed by atoms with Crippen molar-refractivity contribution in [2.24, 2.45) is 0 Å². The topological polar surface area (TPSA) is 103 Å². The Balaban J connectivity index is 2.15. The summed E-state index contributed by atoms with van der Waals surface area (Å²) in [7, 11) is 0. The summed E-state index contributed by atoms with van der Waals surface area (Å²) >= 11 is 0. The largest absolute Gasteiger partial charge is 0.289 e. The van der Waals surface area contributed by atoms with Gasteiger partial charge in [0.25, 0.3) is 11.4 Å². The average Bonchev–Trinajstić information content (AvgIpc) is 2.53. The van der Waals surface area contributed by atoms with Crippen LogP contribution in [0, 0.1) is 20.2 Å². The zero-order valence-electron chi connectivity index (χ0n) is 11.2. The second-order valence-electron chi connectivity index (χ2n) is 4.35. The van der Waals surface area contributed by atoms with Crippen molar-refractivity contribution in [2.45, 2.75) is 0 Å². The maximum Gasteiger partial charge on any atom is 0.270 e. The van der Waals surface area contributed by atoms with Crippen molar-refractivity contribution in [2.75, 3.05) is 0 Å². The van der Waals surface area contributed by atoms with Gasteiger partial charge in [0, 0.05) is 29.8 Å². The van der Waals surface area contributed by atoms with Crippen LogP contribution in [0.15, 0.2) is 54.6 Å². The van der Waals surface area contributed by atoms with Gasteiger partial charge in [-0.05, 0) is 23.8 Å². The molecule has 2 aromatic carbocycles. The van der Waals surface area contributed by atoms with Gasteiger partial charge in [-0.25, -0.2) is 0 Å². The molecule has 0 aliphatic carbocycles. The Hall–Kier alpha value is -3.35. The van der Waals surface area contributed by atoms with Gasteiger partial charge in [-0.1, -0.05) is 18.2 Å². The number of non-ortho nitro benzene ring substituents is 2. The van der Waals surface area contributed by atoms with E-state index in [2.05, 4.69) is 0 Å². The highest BCUT2D eigenvalue weighted by atomic mass is 16.6. The summed E-state index contributed by atoms with van der Waals surface area (Å²) in [6.07, 6.45) is 2.76. The van der Waals surface area contributed by atoms with Gasteiger partial charge in [0.15, 0.2) is 5.78 Å². The second kappa shape index (κ2) is 6.40. The van der Waals surface area contributed by atoms with E-state index in [1.807, 2.05) is 0 Å². The Labute approximate surface area is 124 Å². The first-order chi connectivity index (χ1) is 10.5. The van der Waals surface area contributed by atoms with E-state index in [0.717, 1.165) is 0 Å². The van der Waals surface area contributed by atoms with Gasteiger partial charge in [0.2, 0.25) is 0 Å². The SMILES string of the molecule is O=C(C=Cc1ccc([N+](=O)[O-])cc1)c1cccc([N+](=O)[O-])c1. The van der Waals surface area contributed by atoms with E-state index in [1.54, 1.807) is 0 Å². The molecule has 0 aromatic heterocycles. The Bertz CT molecular complexity index is 766. The molecule has 0 bridgehead atoms. The smallest absolute Gasteiger partial charge is 0.270 e. The average molecular weight is 298 g/mol. The molecule has 2 aromatic rings. The fourth-order valence-electron chi connectivity index (χ4n) is 1.75. The number of nitrogens with zero attached hydrogens (tertiary/aromatic N) is 2. The van der Waals surface area contributed by atoms with Crippen LogP contribution in [0.5, 0.6) is 0 Å². The Morgan fingerprint density at radius 2 is 1.55 bits per heavy atom. The number of ketones is 1. The van der Waals surface area contributed by atoms with Crippen LogP contribution >= 0.6 is 0 Å². The highest BCUT2D eigenvalue weighted by Gasteiger charge is 2.09. The van der Waals surface area contributed by atoms with Crippen LogP contribution in [0.25, 0.3) is 6.08 Å². The molecule has 0 unspecified atom stereocenters. The molecule has 110 valence electrons. The van der Waals surface area contributed by atoms with Crippen molar-refractivity contribution >= 4 is 23.2 Å². The fraction of sp³-hybridized carbons (Fsp3) is 0. The second-order valence-corrected chi connectivity index (χ2v) is 4.35. The number of nitro groups is 2. The normalized spacial score (nSPS) is 10.5. The number of nitro benzene ring substituents is 2. The first kappa shape index (κ1) is 15.0. The predicted octanol–water partition coefficient (Wildman–Crippen LogP) is 3.40. The van der Waals surface area contributed by atoms with E-state index >= 15 is 0 Å². The maximum atomic E-state index is 12.0. The molecule has 0 spiro atoms.